The SMILES string of the molecule is CCN(C(=O)C(N)CCC(=O)O)C(C)CN(C)C. The lowest BCUT2D eigenvalue weighted by molar-refractivity contribution is -0.138. The van der Waals surface area contributed by atoms with Crippen LogP contribution in [0.5, 0.6) is 0 Å². The molecule has 0 aromatic rings. The number of aliphatic carboxylic acids is 1. The van der Waals surface area contributed by atoms with Crippen LogP contribution in [0.15, 0.2) is 0 Å². The van der Waals surface area contributed by atoms with Gasteiger partial charge in [0, 0.05) is 25.6 Å². The van der Waals surface area contributed by atoms with E-state index in [0.29, 0.717) is 6.54 Å². The maximum absolute atomic E-state index is 12.1. The van der Waals surface area contributed by atoms with Crippen LogP contribution in [0.3, 0.4) is 0 Å². The lowest BCUT2D eigenvalue weighted by atomic mass is 10.1. The number of carbonyl (C=O) groups is 2. The normalized spacial score (nSPS) is 14.3. The Balaban J connectivity index is 4.45. The summed E-state index contributed by atoms with van der Waals surface area (Å²) in [5.41, 5.74) is 5.74. The largest absolute Gasteiger partial charge is 0.481 e. The number of carboxylic acids is 1. The van der Waals surface area contributed by atoms with E-state index in [-0.39, 0.29) is 24.8 Å². The van der Waals surface area contributed by atoms with Crippen LogP contribution >= 0.6 is 0 Å². The fraction of sp³-hybridized carbons (Fsp3) is 0.833. The first-order chi connectivity index (χ1) is 8.29. The van der Waals surface area contributed by atoms with Crippen molar-refractivity contribution >= 4 is 11.9 Å². The van der Waals surface area contributed by atoms with E-state index < -0.39 is 12.0 Å². The first-order valence-corrected chi connectivity index (χ1v) is 6.22. The number of amides is 1. The maximum Gasteiger partial charge on any atom is 0.303 e. The molecule has 0 rings (SSSR count). The van der Waals surface area contributed by atoms with E-state index in [4.69, 9.17) is 10.8 Å². The Labute approximate surface area is 109 Å². The summed E-state index contributed by atoms with van der Waals surface area (Å²) < 4.78 is 0. The quantitative estimate of drug-likeness (QED) is 0.639. The molecule has 0 bridgehead atoms. The number of nitrogens with two attached hydrogens (primary N) is 1. The molecule has 6 heteroatoms. The van der Waals surface area contributed by atoms with Gasteiger partial charge in [-0.15, -0.1) is 0 Å². The van der Waals surface area contributed by atoms with Crippen molar-refractivity contribution in [1.82, 2.24) is 9.80 Å². The summed E-state index contributed by atoms with van der Waals surface area (Å²) >= 11 is 0. The summed E-state index contributed by atoms with van der Waals surface area (Å²) in [4.78, 5) is 26.3. The molecule has 0 aliphatic heterocycles. The van der Waals surface area contributed by atoms with E-state index in [1.165, 1.54) is 0 Å². The molecule has 1 amide bonds. The van der Waals surface area contributed by atoms with Crippen LogP contribution in [0.25, 0.3) is 0 Å². The van der Waals surface area contributed by atoms with Crippen molar-refractivity contribution in [2.75, 3.05) is 27.2 Å². The maximum atomic E-state index is 12.1. The summed E-state index contributed by atoms with van der Waals surface area (Å²) in [6.07, 6.45) is 0.103. The van der Waals surface area contributed by atoms with Gasteiger partial charge in [-0.3, -0.25) is 9.59 Å². The summed E-state index contributed by atoms with van der Waals surface area (Å²) in [7, 11) is 3.89. The molecule has 0 aliphatic carbocycles. The predicted octanol–water partition coefficient (Wildman–Crippen LogP) is -0.0229. The number of nitrogens with zero attached hydrogens (tertiary/aromatic N) is 2. The smallest absolute Gasteiger partial charge is 0.303 e. The van der Waals surface area contributed by atoms with E-state index in [9.17, 15) is 9.59 Å². The van der Waals surface area contributed by atoms with Gasteiger partial charge in [0.15, 0.2) is 0 Å². The zero-order valence-corrected chi connectivity index (χ0v) is 11.7. The molecule has 0 saturated heterocycles. The van der Waals surface area contributed by atoms with Crippen LogP contribution in [0.2, 0.25) is 0 Å². The van der Waals surface area contributed by atoms with Crippen LogP contribution in [-0.2, 0) is 9.59 Å². The molecule has 0 saturated carbocycles. The first-order valence-electron chi connectivity index (χ1n) is 6.22. The van der Waals surface area contributed by atoms with Crippen molar-refractivity contribution in [1.29, 1.82) is 0 Å². The van der Waals surface area contributed by atoms with Crippen LogP contribution in [0.4, 0.5) is 0 Å². The molecule has 0 radical (unpaired) electrons. The molecule has 2 unspecified atom stereocenters. The molecule has 3 N–H and O–H groups in total. The topological polar surface area (TPSA) is 86.9 Å². The second-order valence-electron chi connectivity index (χ2n) is 4.77. The first kappa shape index (κ1) is 16.9. The Kier molecular flexibility index (Phi) is 7.54. The van der Waals surface area contributed by atoms with E-state index >= 15 is 0 Å². The van der Waals surface area contributed by atoms with E-state index in [1.54, 1.807) is 4.90 Å². The molecule has 6 nitrogen and oxygen atoms in total. The fourth-order valence-corrected chi connectivity index (χ4v) is 1.93. The summed E-state index contributed by atoms with van der Waals surface area (Å²) in [5, 5.41) is 8.58. The Morgan fingerprint density at radius 3 is 2.28 bits per heavy atom. The second kappa shape index (κ2) is 8.05. The third-order valence-corrected chi connectivity index (χ3v) is 2.77. The molecular weight excluding hydrogens is 234 g/mol. The summed E-state index contributed by atoms with van der Waals surface area (Å²) in [6, 6.07) is -0.668. The third kappa shape index (κ3) is 5.97. The second-order valence-corrected chi connectivity index (χ2v) is 4.77. The monoisotopic (exact) mass is 259 g/mol. The number of hydrogen-bond donors (Lipinski definition) is 2. The summed E-state index contributed by atoms with van der Waals surface area (Å²) in [6.45, 7) is 5.19. The average molecular weight is 259 g/mol. The zero-order valence-electron chi connectivity index (χ0n) is 11.7. The standard InChI is InChI=1S/C12H25N3O3/c1-5-15(9(2)8-14(3)4)12(18)10(13)6-7-11(16)17/h9-10H,5-8,13H2,1-4H3,(H,16,17). The van der Waals surface area contributed by atoms with Crippen molar-refractivity contribution < 1.29 is 14.7 Å². The van der Waals surface area contributed by atoms with Gasteiger partial charge in [0.05, 0.1) is 6.04 Å². The minimum Gasteiger partial charge on any atom is -0.481 e. The van der Waals surface area contributed by atoms with Crippen molar-refractivity contribution in [3.63, 3.8) is 0 Å². The van der Waals surface area contributed by atoms with Crippen LogP contribution in [-0.4, -0.2) is 66.1 Å². The Morgan fingerprint density at radius 2 is 1.89 bits per heavy atom. The van der Waals surface area contributed by atoms with Crippen molar-refractivity contribution in [2.45, 2.75) is 38.8 Å². The van der Waals surface area contributed by atoms with Crippen molar-refractivity contribution in [2.24, 2.45) is 5.73 Å². The summed E-state index contributed by atoms with van der Waals surface area (Å²) in [5.74, 6) is -1.10. The van der Waals surface area contributed by atoms with E-state index in [1.807, 2.05) is 32.8 Å². The Bertz CT molecular complexity index is 282. The van der Waals surface area contributed by atoms with E-state index in [0.717, 1.165) is 6.54 Å². The number of carboxylic acid groups (broad SMARTS) is 1. The van der Waals surface area contributed by atoms with Gasteiger partial charge in [-0.2, -0.15) is 0 Å². The van der Waals surface area contributed by atoms with Gasteiger partial charge < -0.3 is 20.6 Å². The van der Waals surface area contributed by atoms with Gasteiger partial charge in [0.25, 0.3) is 0 Å². The van der Waals surface area contributed by atoms with E-state index in [2.05, 4.69) is 0 Å². The van der Waals surface area contributed by atoms with Gasteiger partial charge in [-0.05, 0) is 34.4 Å². The van der Waals surface area contributed by atoms with Crippen molar-refractivity contribution in [3.05, 3.63) is 0 Å². The van der Waals surface area contributed by atoms with Gasteiger partial charge in [0.1, 0.15) is 0 Å². The minimum absolute atomic E-state index is 0.0633. The molecule has 106 valence electrons. The molecule has 0 aromatic heterocycles. The molecule has 0 heterocycles. The highest BCUT2D eigenvalue weighted by molar-refractivity contribution is 5.82. The Hall–Kier alpha value is -1.14. The molecule has 2 atom stereocenters. The molecular formula is C12H25N3O3. The number of carbonyl (C=O) groups excluding carboxylic acids is 1. The molecule has 0 aromatic carbocycles. The lowest BCUT2D eigenvalue weighted by Crippen LogP contribution is -2.50. The highest BCUT2D eigenvalue weighted by atomic mass is 16.4. The molecule has 0 fully saturated rings. The third-order valence-electron chi connectivity index (χ3n) is 2.77. The molecule has 0 aliphatic rings. The number of likely N-dealkylation sites (N-methyl/N-ethyl adjacent to an activating group) is 2. The predicted molar refractivity (Wildman–Crippen MR) is 70.2 cm³/mol. The van der Waals surface area contributed by atoms with Gasteiger partial charge in [0.2, 0.25) is 5.91 Å². The molecule has 0 spiro atoms. The molecule has 18 heavy (non-hydrogen) atoms. The van der Waals surface area contributed by atoms with Gasteiger partial charge >= 0.3 is 5.97 Å². The number of rotatable bonds is 8. The fourth-order valence-electron chi connectivity index (χ4n) is 1.93. The van der Waals surface area contributed by atoms with Crippen LogP contribution < -0.4 is 5.73 Å². The van der Waals surface area contributed by atoms with Crippen LogP contribution in [0.1, 0.15) is 26.7 Å². The minimum atomic E-state index is -0.928. The zero-order chi connectivity index (χ0) is 14.3. The average Bonchev–Trinajstić information content (AvgIpc) is 2.25. The number of hydrogen-bond acceptors (Lipinski definition) is 4. The van der Waals surface area contributed by atoms with Gasteiger partial charge in [-0.1, -0.05) is 0 Å². The van der Waals surface area contributed by atoms with Gasteiger partial charge in [-0.25, -0.2) is 0 Å². The highest BCUT2D eigenvalue weighted by Gasteiger charge is 2.24. The highest BCUT2D eigenvalue weighted by Crippen LogP contribution is 2.06. The Morgan fingerprint density at radius 1 is 1.33 bits per heavy atom. The lowest BCUT2D eigenvalue weighted by Gasteiger charge is -2.32. The van der Waals surface area contributed by atoms with Crippen molar-refractivity contribution in [3.8, 4) is 0 Å². The van der Waals surface area contributed by atoms with Crippen LogP contribution in [0, 0.1) is 0 Å².